The van der Waals surface area contributed by atoms with Gasteiger partial charge in [-0.1, -0.05) is 37.6 Å². The molecule has 0 unspecified atom stereocenters. The van der Waals surface area contributed by atoms with Crippen molar-refractivity contribution in [1.82, 2.24) is 9.97 Å². The normalized spacial score (nSPS) is 10.8. The zero-order valence-electron chi connectivity index (χ0n) is 9.94. The van der Waals surface area contributed by atoms with E-state index in [0.717, 1.165) is 11.4 Å². The van der Waals surface area contributed by atoms with Crippen molar-refractivity contribution >= 4 is 0 Å². The second-order valence-electron chi connectivity index (χ2n) is 4.32. The van der Waals surface area contributed by atoms with Crippen LogP contribution in [0.2, 0.25) is 0 Å². The van der Waals surface area contributed by atoms with Gasteiger partial charge < -0.3 is 0 Å². The van der Waals surface area contributed by atoms with E-state index in [2.05, 4.69) is 48.9 Å². The summed E-state index contributed by atoms with van der Waals surface area (Å²) in [6, 6.07) is 8.28. The molecule has 0 N–H and O–H groups in total. The summed E-state index contributed by atoms with van der Waals surface area (Å²) in [6.45, 7) is 6.50. The van der Waals surface area contributed by atoms with Gasteiger partial charge >= 0.3 is 0 Å². The van der Waals surface area contributed by atoms with Gasteiger partial charge in [0.2, 0.25) is 0 Å². The number of hydrogen-bond acceptors (Lipinski definition) is 2. The summed E-state index contributed by atoms with van der Waals surface area (Å²) in [6.07, 6.45) is 3.57. The SMILES string of the molecule is Cc1ccc(-c2ncccn2)c(C(C)C)c1. The molecule has 0 atom stereocenters. The maximum atomic E-state index is 4.31. The Kier molecular flexibility index (Phi) is 3.00. The highest BCUT2D eigenvalue weighted by Gasteiger charge is 2.10. The van der Waals surface area contributed by atoms with Gasteiger partial charge in [0.15, 0.2) is 5.82 Å². The standard InChI is InChI=1S/C14H16N2/c1-10(2)13-9-11(3)5-6-12(13)14-15-7-4-8-16-14/h4-10H,1-3H3. The zero-order chi connectivity index (χ0) is 11.5. The highest BCUT2D eigenvalue weighted by molar-refractivity contribution is 5.61. The van der Waals surface area contributed by atoms with Crippen molar-refractivity contribution in [3.8, 4) is 11.4 Å². The monoisotopic (exact) mass is 212 g/mol. The van der Waals surface area contributed by atoms with Crippen LogP contribution in [-0.2, 0) is 0 Å². The van der Waals surface area contributed by atoms with Crippen molar-refractivity contribution in [1.29, 1.82) is 0 Å². The number of aromatic nitrogens is 2. The summed E-state index contributed by atoms with van der Waals surface area (Å²) in [7, 11) is 0. The van der Waals surface area contributed by atoms with Crippen molar-refractivity contribution in [2.75, 3.05) is 0 Å². The van der Waals surface area contributed by atoms with Crippen molar-refractivity contribution in [3.63, 3.8) is 0 Å². The minimum absolute atomic E-state index is 0.485. The molecule has 1 heterocycles. The average molecular weight is 212 g/mol. The predicted octanol–water partition coefficient (Wildman–Crippen LogP) is 3.58. The number of benzene rings is 1. The highest BCUT2D eigenvalue weighted by Crippen LogP contribution is 2.27. The molecule has 0 radical (unpaired) electrons. The van der Waals surface area contributed by atoms with Crippen molar-refractivity contribution < 1.29 is 0 Å². The van der Waals surface area contributed by atoms with Crippen LogP contribution in [0.4, 0.5) is 0 Å². The van der Waals surface area contributed by atoms with Crippen LogP contribution in [0.15, 0.2) is 36.7 Å². The van der Waals surface area contributed by atoms with Crippen LogP contribution < -0.4 is 0 Å². The number of rotatable bonds is 2. The van der Waals surface area contributed by atoms with E-state index in [1.54, 1.807) is 12.4 Å². The van der Waals surface area contributed by atoms with E-state index >= 15 is 0 Å². The molecule has 1 aromatic carbocycles. The number of aryl methyl sites for hydroxylation is 1. The van der Waals surface area contributed by atoms with Gasteiger partial charge in [0.25, 0.3) is 0 Å². The molecule has 2 rings (SSSR count). The van der Waals surface area contributed by atoms with E-state index in [0.29, 0.717) is 5.92 Å². The lowest BCUT2D eigenvalue weighted by atomic mass is 9.95. The topological polar surface area (TPSA) is 25.8 Å². The predicted molar refractivity (Wildman–Crippen MR) is 66.3 cm³/mol. The fraction of sp³-hybridized carbons (Fsp3) is 0.286. The third kappa shape index (κ3) is 2.11. The Morgan fingerprint density at radius 2 is 1.75 bits per heavy atom. The Hall–Kier alpha value is -1.70. The third-order valence-corrected chi connectivity index (χ3v) is 2.64. The lowest BCUT2D eigenvalue weighted by Gasteiger charge is -2.12. The van der Waals surface area contributed by atoms with Crippen LogP contribution in [-0.4, -0.2) is 9.97 Å². The van der Waals surface area contributed by atoms with E-state index in [9.17, 15) is 0 Å². The van der Waals surface area contributed by atoms with E-state index in [4.69, 9.17) is 0 Å². The fourth-order valence-corrected chi connectivity index (χ4v) is 1.80. The summed E-state index contributed by atoms with van der Waals surface area (Å²) in [5.74, 6) is 1.30. The highest BCUT2D eigenvalue weighted by atomic mass is 14.9. The van der Waals surface area contributed by atoms with Crippen LogP contribution >= 0.6 is 0 Å². The first-order valence-electron chi connectivity index (χ1n) is 5.56. The van der Waals surface area contributed by atoms with Crippen LogP contribution in [0.5, 0.6) is 0 Å². The number of hydrogen-bond donors (Lipinski definition) is 0. The van der Waals surface area contributed by atoms with Crippen molar-refractivity contribution in [3.05, 3.63) is 47.8 Å². The van der Waals surface area contributed by atoms with Crippen LogP contribution in [0.3, 0.4) is 0 Å². The molecule has 0 fully saturated rings. The lowest BCUT2D eigenvalue weighted by molar-refractivity contribution is 0.864. The van der Waals surface area contributed by atoms with Crippen molar-refractivity contribution in [2.45, 2.75) is 26.7 Å². The molecular formula is C14H16N2. The molecule has 0 bridgehead atoms. The summed E-state index contributed by atoms with van der Waals surface area (Å²) < 4.78 is 0. The lowest BCUT2D eigenvalue weighted by Crippen LogP contribution is -1.96. The Balaban J connectivity index is 2.57. The Labute approximate surface area is 96.4 Å². The van der Waals surface area contributed by atoms with Gasteiger partial charge in [-0.15, -0.1) is 0 Å². The van der Waals surface area contributed by atoms with E-state index < -0.39 is 0 Å². The first-order valence-corrected chi connectivity index (χ1v) is 5.56. The molecule has 0 aliphatic rings. The maximum absolute atomic E-state index is 4.31. The van der Waals surface area contributed by atoms with E-state index in [1.165, 1.54) is 11.1 Å². The molecule has 0 saturated carbocycles. The fourth-order valence-electron chi connectivity index (χ4n) is 1.80. The zero-order valence-corrected chi connectivity index (χ0v) is 9.94. The summed E-state index contributed by atoms with van der Waals surface area (Å²) in [4.78, 5) is 8.62. The van der Waals surface area contributed by atoms with Crippen LogP contribution in [0.25, 0.3) is 11.4 Å². The molecule has 0 saturated heterocycles. The van der Waals surface area contributed by atoms with E-state index in [-0.39, 0.29) is 0 Å². The molecule has 16 heavy (non-hydrogen) atoms. The second-order valence-corrected chi connectivity index (χ2v) is 4.32. The molecule has 0 aliphatic heterocycles. The quantitative estimate of drug-likeness (QED) is 0.760. The molecule has 2 heteroatoms. The van der Waals surface area contributed by atoms with Gasteiger partial charge in [0.1, 0.15) is 0 Å². The molecule has 2 aromatic rings. The van der Waals surface area contributed by atoms with Crippen molar-refractivity contribution in [2.24, 2.45) is 0 Å². The first-order chi connectivity index (χ1) is 7.68. The largest absolute Gasteiger partial charge is 0.237 e. The Bertz CT molecular complexity index is 475. The minimum atomic E-state index is 0.485. The number of nitrogens with zero attached hydrogens (tertiary/aromatic N) is 2. The minimum Gasteiger partial charge on any atom is -0.237 e. The second kappa shape index (κ2) is 4.44. The first kappa shape index (κ1) is 10.8. The molecule has 1 aromatic heterocycles. The molecule has 0 amide bonds. The van der Waals surface area contributed by atoms with Gasteiger partial charge in [-0.2, -0.15) is 0 Å². The molecular weight excluding hydrogens is 196 g/mol. The molecule has 2 nitrogen and oxygen atoms in total. The van der Waals surface area contributed by atoms with E-state index in [1.807, 2.05) is 6.07 Å². The third-order valence-electron chi connectivity index (χ3n) is 2.64. The van der Waals surface area contributed by atoms with Gasteiger partial charge in [0.05, 0.1) is 0 Å². The Morgan fingerprint density at radius 1 is 1.06 bits per heavy atom. The molecule has 0 aliphatic carbocycles. The van der Waals surface area contributed by atoms with Crippen LogP contribution in [0.1, 0.15) is 30.9 Å². The Morgan fingerprint density at radius 3 is 2.38 bits per heavy atom. The van der Waals surface area contributed by atoms with Crippen LogP contribution in [0, 0.1) is 6.92 Å². The summed E-state index contributed by atoms with van der Waals surface area (Å²) in [5.41, 5.74) is 3.73. The van der Waals surface area contributed by atoms with Gasteiger partial charge in [-0.05, 0) is 24.5 Å². The van der Waals surface area contributed by atoms with Gasteiger partial charge in [-0.3, -0.25) is 0 Å². The molecule has 82 valence electrons. The molecule has 0 spiro atoms. The van der Waals surface area contributed by atoms with Gasteiger partial charge in [-0.25, -0.2) is 9.97 Å². The summed E-state index contributed by atoms with van der Waals surface area (Å²) in [5, 5.41) is 0. The average Bonchev–Trinajstić information content (AvgIpc) is 2.30. The smallest absolute Gasteiger partial charge is 0.159 e. The maximum Gasteiger partial charge on any atom is 0.159 e. The van der Waals surface area contributed by atoms with Gasteiger partial charge in [0, 0.05) is 18.0 Å². The summed E-state index contributed by atoms with van der Waals surface area (Å²) >= 11 is 0.